The lowest BCUT2D eigenvalue weighted by Gasteiger charge is -2.08. The lowest BCUT2D eigenvalue weighted by atomic mass is 10.2. The van der Waals surface area contributed by atoms with E-state index in [0.717, 1.165) is 0 Å². The number of hydrogen-bond donors (Lipinski definition) is 2. The molecule has 0 saturated carbocycles. The third-order valence-corrected chi connectivity index (χ3v) is 1.04. The van der Waals surface area contributed by atoms with Crippen LogP contribution in [0, 0.1) is 0 Å². The second-order valence-corrected chi connectivity index (χ2v) is 1.73. The number of aliphatic hydroxyl groups is 1. The highest BCUT2D eigenvalue weighted by atomic mass is 35.5. The number of rotatable bonds is 3. The Kier molecular flexibility index (Phi) is 3.77. The molecule has 0 aliphatic heterocycles. The summed E-state index contributed by atoms with van der Waals surface area (Å²) < 4.78 is 0. The van der Waals surface area contributed by atoms with Gasteiger partial charge in [-0.2, -0.15) is 0 Å². The topological polar surface area (TPSA) is 49.3 Å². The zero-order valence-corrected chi connectivity index (χ0v) is 5.22. The summed E-state index contributed by atoms with van der Waals surface area (Å²) in [5.41, 5.74) is 0. The highest BCUT2D eigenvalue weighted by Gasteiger charge is 2.10. The summed E-state index contributed by atoms with van der Waals surface area (Å²) >= 11 is 5.02. The van der Waals surface area contributed by atoms with Crippen molar-refractivity contribution in [2.45, 2.75) is 19.1 Å². The third kappa shape index (κ3) is 2.26. The van der Waals surface area contributed by atoms with Crippen LogP contribution in [0.5, 0.6) is 0 Å². The minimum absolute atomic E-state index is 0.553. The minimum Gasteiger partial charge on any atom is -0.391 e. The van der Waals surface area contributed by atoms with Crippen molar-refractivity contribution in [3.05, 3.63) is 0 Å². The van der Waals surface area contributed by atoms with Crippen molar-refractivity contribution in [3.63, 3.8) is 0 Å². The molecule has 8 heavy (non-hydrogen) atoms. The van der Waals surface area contributed by atoms with Crippen LogP contribution in [0.2, 0.25) is 0 Å². The molecule has 0 aromatic carbocycles. The predicted molar refractivity (Wildman–Crippen MR) is 30.5 cm³/mol. The Bertz CT molecular complexity index is 76.4. The van der Waals surface area contributed by atoms with E-state index in [2.05, 4.69) is 4.84 Å². The van der Waals surface area contributed by atoms with Crippen LogP contribution < -0.4 is 4.84 Å². The van der Waals surface area contributed by atoms with Crippen molar-refractivity contribution in [2.75, 3.05) is 0 Å². The van der Waals surface area contributed by atoms with Crippen LogP contribution in [0.3, 0.4) is 0 Å². The molecule has 0 radical (unpaired) electrons. The van der Waals surface area contributed by atoms with Crippen LogP contribution in [-0.4, -0.2) is 23.5 Å². The highest BCUT2D eigenvalue weighted by Crippen LogP contribution is 1.87. The van der Waals surface area contributed by atoms with Crippen LogP contribution in [0.25, 0.3) is 0 Å². The fraction of sp³-hybridized carbons (Fsp3) is 0.750. The van der Waals surface area contributed by atoms with Gasteiger partial charge < -0.3 is 9.90 Å². The Labute approximate surface area is 52.8 Å². The van der Waals surface area contributed by atoms with Crippen molar-refractivity contribution in [1.82, 2.24) is 4.84 Å². The normalized spacial score (nSPS) is 17.4. The second kappa shape index (κ2) is 3.83. The first-order valence-electron chi connectivity index (χ1n) is 2.22. The number of carbonyl (C=O) groups is 1. The van der Waals surface area contributed by atoms with Crippen LogP contribution >= 0.6 is 11.8 Å². The maximum atomic E-state index is 9.87. The van der Waals surface area contributed by atoms with E-state index in [0.29, 0.717) is 6.29 Å². The van der Waals surface area contributed by atoms with Gasteiger partial charge >= 0.3 is 0 Å². The van der Waals surface area contributed by atoms with E-state index in [1.165, 1.54) is 6.92 Å². The van der Waals surface area contributed by atoms with Crippen LogP contribution in [0.1, 0.15) is 6.92 Å². The van der Waals surface area contributed by atoms with Gasteiger partial charge in [0, 0.05) is 0 Å². The van der Waals surface area contributed by atoms with Crippen LogP contribution in [-0.2, 0) is 4.79 Å². The maximum Gasteiger partial charge on any atom is 0.140 e. The minimum atomic E-state index is -0.731. The molecule has 2 N–H and O–H groups in total. The number of aliphatic hydroxyl groups excluding tert-OH is 1. The Balaban J connectivity index is 3.51. The molecule has 4 heteroatoms. The molecule has 48 valence electrons. The molecule has 0 unspecified atom stereocenters. The molecule has 0 aliphatic rings. The highest BCUT2D eigenvalue weighted by molar-refractivity contribution is 6.14. The molecule has 0 fully saturated rings. The Morgan fingerprint density at radius 1 is 1.88 bits per heavy atom. The van der Waals surface area contributed by atoms with E-state index in [9.17, 15) is 4.79 Å². The molecule has 0 aromatic rings. The van der Waals surface area contributed by atoms with E-state index in [1.807, 2.05) is 0 Å². The first kappa shape index (κ1) is 7.88. The van der Waals surface area contributed by atoms with Gasteiger partial charge in [0.05, 0.1) is 6.10 Å². The fourth-order valence-electron chi connectivity index (χ4n) is 0.231. The SMILES string of the molecule is C[C@@H](O)[C@@H](C=O)NCl. The Morgan fingerprint density at radius 3 is 2.38 bits per heavy atom. The summed E-state index contributed by atoms with van der Waals surface area (Å²) in [4.78, 5) is 12.0. The average molecular weight is 138 g/mol. The summed E-state index contributed by atoms with van der Waals surface area (Å²) in [6, 6.07) is -0.656. The van der Waals surface area contributed by atoms with Gasteiger partial charge in [0.2, 0.25) is 0 Å². The molecular formula is C4H8ClNO2. The number of nitrogens with one attached hydrogen (secondary N) is 1. The monoisotopic (exact) mass is 137 g/mol. The summed E-state index contributed by atoms with van der Waals surface area (Å²) in [5, 5.41) is 8.63. The quantitative estimate of drug-likeness (QED) is 0.414. The van der Waals surface area contributed by atoms with E-state index in [1.54, 1.807) is 0 Å². The largest absolute Gasteiger partial charge is 0.391 e. The molecule has 0 bridgehead atoms. The average Bonchev–Trinajstić information content (AvgIpc) is 1.69. The number of carbonyl (C=O) groups excluding carboxylic acids is 1. The lowest BCUT2D eigenvalue weighted by molar-refractivity contribution is -0.111. The summed E-state index contributed by atoms with van der Waals surface area (Å²) in [5.74, 6) is 0. The van der Waals surface area contributed by atoms with Crippen molar-refractivity contribution in [3.8, 4) is 0 Å². The Morgan fingerprint density at radius 2 is 2.38 bits per heavy atom. The number of aldehydes is 1. The molecule has 0 aliphatic carbocycles. The van der Waals surface area contributed by atoms with Crippen molar-refractivity contribution >= 4 is 18.1 Å². The molecule has 0 rings (SSSR count). The van der Waals surface area contributed by atoms with Crippen molar-refractivity contribution in [2.24, 2.45) is 0 Å². The number of halogens is 1. The molecule has 0 aromatic heterocycles. The van der Waals surface area contributed by atoms with Gasteiger partial charge in [0.15, 0.2) is 0 Å². The summed E-state index contributed by atoms with van der Waals surface area (Å²) in [6.45, 7) is 1.48. The second-order valence-electron chi connectivity index (χ2n) is 1.51. The molecule has 2 atom stereocenters. The standard InChI is InChI=1S/C4H8ClNO2/c1-3(8)4(2-7)6-5/h2-4,6,8H,1H3/t3-,4-/m1/s1. The van der Waals surface area contributed by atoms with Gasteiger partial charge in [-0.1, -0.05) is 0 Å². The molecule has 0 amide bonds. The van der Waals surface area contributed by atoms with Crippen LogP contribution in [0.4, 0.5) is 0 Å². The van der Waals surface area contributed by atoms with Gasteiger partial charge in [-0.25, -0.2) is 4.84 Å². The van der Waals surface area contributed by atoms with Crippen molar-refractivity contribution in [1.29, 1.82) is 0 Å². The first-order valence-corrected chi connectivity index (χ1v) is 2.59. The Hall–Kier alpha value is -0.120. The van der Waals surface area contributed by atoms with E-state index >= 15 is 0 Å². The molecule has 0 heterocycles. The molecule has 0 spiro atoms. The van der Waals surface area contributed by atoms with Crippen LogP contribution in [0.15, 0.2) is 0 Å². The van der Waals surface area contributed by atoms with Gasteiger partial charge in [0.25, 0.3) is 0 Å². The van der Waals surface area contributed by atoms with E-state index < -0.39 is 12.1 Å². The van der Waals surface area contributed by atoms with Gasteiger partial charge in [0.1, 0.15) is 12.3 Å². The van der Waals surface area contributed by atoms with Gasteiger partial charge in [-0.3, -0.25) is 0 Å². The van der Waals surface area contributed by atoms with E-state index in [4.69, 9.17) is 16.9 Å². The molecule has 3 nitrogen and oxygen atoms in total. The summed E-state index contributed by atoms with van der Waals surface area (Å²) in [6.07, 6.45) is -0.178. The number of hydrogen-bond acceptors (Lipinski definition) is 3. The van der Waals surface area contributed by atoms with Gasteiger partial charge in [-0.15, -0.1) is 0 Å². The zero-order valence-electron chi connectivity index (χ0n) is 4.47. The van der Waals surface area contributed by atoms with Gasteiger partial charge in [-0.05, 0) is 18.7 Å². The fourth-order valence-corrected chi connectivity index (χ4v) is 0.464. The maximum absolute atomic E-state index is 9.87. The predicted octanol–water partition coefficient (Wildman–Crippen LogP) is -0.322. The first-order chi connectivity index (χ1) is 3.72. The third-order valence-electron chi connectivity index (χ3n) is 0.792. The van der Waals surface area contributed by atoms with E-state index in [-0.39, 0.29) is 0 Å². The van der Waals surface area contributed by atoms with Crippen molar-refractivity contribution < 1.29 is 9.90 Å². The summed E-state index contributed by atoms with van der Waals surface area (Å²) in [7, 11) is 0. The smallest absolute Gasteiger partial charge is 0.140 e. The molecular weight excluding hydrogens is 130 g/mol. The lowest BCUT2D eigenvalue weighted by Crippen LogP contribution is -2.33. The zero-order chi connectivity index (χ0) is 6.57. The molecule has 0 saturated heterocycles.